The summed E-state index contributed by atoms with van der Waals surface area (Å²) in [4.78, 5) is 0. The van der Waals surface area contributed by atoms with Crippen LogP contribution in [0.2, 0.25) is 5.02 Å². The van der Waals surface area contributed by atoms with Crippen LogP contribution in [0.5, 0.6) is 0 Å². The average Bonchev–Trinajstić information content (AvgIpc) is 2.89. The molecule has 0 aliphatic heterocycles. The quantitative estimate of drug-likeness (QED) is 0.921. The highest BCUT2D eigenvalue weighted by Gasteiger charge is 2.39. The van der Waals surface area contributed by atoms with Crippen LogP contribution in [0.4, 0.5) is 0 Å². The molecule has 2 aromatic rings. The maximum absolute atomic E-state index is 11.1. The van der Waals surface area contributed by atoms with E-state index in [2.05, 4.69) is 31.0 Å². The van der Waals surface area contributed by atoms with Crippen molar-refractivity contribution in [2.24, 2.45) is 5.41 Å². The van der Waals surface area contributed by atoms with E-state index in [1.54, 1.807) is 12.7 Å². The molecule has 21 heavy (non-hydrogen) atoms. The third-order valence-electron chi connectivity index (χ3n) is 4.05. The standard InChI is InChI=1S/C16H22ClN3O/c1-15(2,3)16(21,10-20-11-18-19-12-20)9-8-13-4-6-14(17)7-5-13/h4-7,11-12,21H,8-10H2,1-3H3. The van der Waals surface area contributed by atoms with E-state index in [1.807, 2.05) is 28.8 Å². The third kappa shape index (κ3) is 4.05. The van der Waals surface area contributed by atoms with Crippen molar-refractivity contribution in [3.63, 3.8) is 0 Å². The first-order valence-electron chi connectivity index (χ1n) is 7.09. The molecule has 0 aliphatic rings. The number of nitrogens with zero attached hydrogens (tertiary/aromatic N) is 3. The Bertz CT molecular complexity index is 560. The van der Waals surface area contributed by atoms with E-state index in [4.69, 9.17) is 11.6 Å². The number of hydrogen-bond donors (Lipinski definition) is 1. The van der Waals surface area contributed by atoms with Gasteiger partial charge in [0.25, 0.3) is 0 Å². The van der Waals surface area contributed by atoms with Gasteiger partial charge >= 0.3 is 0 Å². The zero-order valence-corrected chi connectivity index (χ0v) is 13.5. The summed E-state index contributed by atoms with van der Waals surface area (Å²) in [6.45, 7) is 6.65. The predicted octanol–water partition coefficient (Wildman–Crippen LogP) is 3.34. The smallest absolute Gasteiger partial charge is 0.119 e. The number of hydrogen-bond acceptors (Lipinski definition) is 3. The number of benzene rings is 1. The molecule has 1 atom stereocenters. The first-order chi connectivity index (χ1) is 9.80. The van der Waals surface area contributed by atoms with Gasteiger partial charge in [-0.25, -0.2) is 0 Å². The fourth-order valence-electron chi connectivity index (χ4n) is 2.30. The highest BCUT2D eigenvalue weighted by molar-refractivity contribution is 6.30. The molecule has 5 heteroatoms. The maximum Gasteiger partial charge on any atom is 0.119 e. The normalized spacial score (nSPS) is 14.9. The van der Waals surface area contributed by atoms with Crippen LogP contribution in [0.25, 0.3) is 0 Å². The average molecular weight is 308 g/mol. The Balaban J connectivity index is 2.11. The molecule has 1 unspecified atom stereocenters. The van der Waals surface area contributed by atoms with Crippen molar-refractivity contribution in [3.05, 3.63) is 47.5 Å². The van der Waals surface area contributed by atoms with Gasteiger partial charge in [0.1, 0.15) is 12.7 Å². The van der Waals surface area contributed by atoms with Gasteiger partial charge in [0.2, 0.25) is 0 Å². The summed E-state index contributed by atoms with van der Waals surface area (Å²) in [7, 11) is 0. The van der Waals surface area contributed by atoms with Crippen LogP contribution in [0.1, 0.15) is 32.8 Å². The van der Waals surface area contributed by atoms with Gasteiger partial charge in [0.05, 0.1) is 12.1 Å². The van der Waals surface area contributed by atoms with Gasteiger partial charge in [-0.1, -0.05) is 44.5 Å². The third-order valence-corrected chi connectivity index (χ3v) is 4.30. The Morgan fingerprint density at radius 2 is 1.67 bits per heavy atom. The molecule has 0 saturated carbocycles. The second-order valence-corrected chi connectivity index (χ2v) is 6.98. The molecule has 0 saturated heterocycles. The second kappa shape index (κ2) is 6.16. The minimum absolute atomic E-state index is 0.246. The van der Waals surface area contributed by atoms with Crippen molar-refractivity contribution in [1.29, 1.82) is 0 Å². The van der Waals surface area contributed by atoms with Gasteiger partial charge in [0.15, 0.2) is 0 Å². The monoisotopic (exact) mass is 307 g/mol. The number of halogens is 1. The largest absolute Gasteiger partial charge is 0.387 e. The lowest BCUT2D eigenvalue weighted by Gasteiger charge is -2.40. The van der Waals surface area contributed by atoms with Gasteiger partial charge in [-0.05, 0) is 36.0 Å². The van der Waals surface area contributed by atoms with Crippen molar-refractivity contribution in [1.82, 2.24) is 14.8 Å². The lowest BCUT2D eigenvalue weighted by Crippen LogP contribution is -2.46. The van der Waals surface area contributed by atoms with Crippen molar-refractivity contribution in [3.8, 4) is 0 Å². The summed E-state index contributed by atoms with van der Waals surface area (Å²) in [5.74, 6) is 0. The summed E-state index contributed by atoms with van der Waals surface area (Å²) >= 11 is 5.90. The molecule has 1 aromatic heterocycles. The van der Waals surface area contributed by atoms with Crippen LogP contribution in [0.3, 0.4) is 0 Å². The molecule has 0 spiro atoms. The zero-order valence-electron chi connectivity index (χ0n) is 12.8. The Morgan fingerprint density at radius 1 is 1.10 bits per heavy atom. The van der Waals surface area contributed by atoms with Gasteiger partial charge in [-0.3, -0.25) is 0 Å². The summed E-state index contributed by atoms with van der Waals surface area (Å²) in [6, 6.07) is 7.77. The molecule has 1 N–H and O–H groups in total. The molecule has 114 valence electrons. The predicted molar refractivity (Wildman–Crippen MR) is 84.2 cm³/mol. The summed E-state index contributed by atoms with van der Waals surface area (Å²) in [6.07, 6.45) is 4.74. The molecule has 4 nitrogen and oxygen atoms in total. The molecule has 0 bridgehead atoms. The van der Waals surface area contributed by atoms with E-state index in [9.17, 15) is 5.11 Å². The van der Waals surface area contributed by atoms with E-state index in [0.29, 0.717) is 13.0 Å². The summed E-state index contributed by atoms with van der Waals surface area (Å²) < 4.78 is 1.83. The van der Waals surface area contributed by atoms with Gasteiger partial charge in [0, 0.05) is 5.02 Å². The van der Waals surface area contributed by atoms with Crippen LogP contribution >= 0.6 is 11.6 Å². The molecule has 2 rings (SSSR count). The Hall–Kier alpha value is -1.39. The highest BCUT2D eigenvalue weighted by atomic mass is 35.5. The Kier molecular flexibility index (Phi) is 4.69. The lowest BCUT2D eigenvalue weighted by atomic mass is 9.73. The SMILES string of the molecule is CC(C)(C)C(O)(CCc1ccc(Cl)cc1)Cn1cnnc1. The van der Waals surface area contributed by atoms with Crippen molar-refractivity contribution in [2.75, 3.05) is 0 Å². The number of aryl methyl sites for hydroxylation is 1. The molecule has 0 fully saturated rings. The topological polar surface area (TPSA) is 50.9 Å². The minimum Gasteiger partial charge on any atom is -0.387 e. The van der Waals surface area contributed by atoms with E-state index in [-0.39, 0.29) is 5.41 Å². The van der Waals surface area contributed by atoms with Crippen molar-refractivity contribution in [2.45, 2.75) is 45.8 Å². The fraction of sp³-hybridized carbons (Fsp3) is 0.500. The molecule has 1 heterocycles. The van der Waals surface area contributed by atoms with Crippen molar-refractivity contribution < 1.29 is 5.11 Å². The summed E-state index contributed by atoms with van der Waals surface area (Å²) in [5, 5.41) is 19.5. The van der Waals surface area contributed by atoms with Crippen LogP contribution in [0, 0.1) is 5.41 Å². The number of aliphatic hydroxyl groups is 1. The molecule has 0 radical (unpaired) electrons. The molecular weight excluding hydrogens is 286 g/mol. The first-order valence-corrected chi connectivity index (χ1v) is 7.47. The summed E-state index contributed by atoms with van der Waals surface area (Å²) in [5.41, 5.74) is 0.0875. The van der Waals surface area contributed by atoms with Crippen molar-refractivity contribution >= 4 is 11.6 Å². The van der Waals surface area contributed by atoms with Crippen LogP contribution < -0.4 is 0 Å². The van der Waals surface area contributed by atoms with Gasteiger partial charge < -0.3 is 9.67 Å². The van der Waals surface area contributed by atoms with Gasteiger partial charge in [-0.2, -0.15) is 0 Å². The first kappa shape index (κ1) is 16.0. The molecular formula is C16H22ClN3O. The highest BCUT2D eigenvalue weighted by Crippen LogP contribution is 2.35. The van der Waals surface area contributed by atoms with E-state index in [1.165, 1.54) is 5.56 Å². The minimum atomic E-state index is -0.838. The van der Waals surface area contributed by atoms with Crippen LogP contribution in [-0.4, -0.2) is 25.5 Å². The van der Waals surface area contributed by atoms with Gasteiger partial charge in [-0.15, -0.1) is 10.2 Å². The number of rotatable bonds is 5. The number of aromatic nitrogens is 3. The fourth-order valence-corrected chi connectivity index (χ4v) is 2.43. The lowest BCUT2D eigenvalue weighted by molar-refractivity contribution is -0.0774. The molecule has 1 aromatic carbocycles. The van der Waals surface area contributed by atoms with E-state index in [0.717, 1.165) is 11.4 Å². The zero-order chi connectivity index (χ0) is 15.5. The van der Waals surface area contributed by atoms with Crippen LogP contribution in [-0.2, 0) is 13.0 Å². The Morgan fingerprint density at radius 3 is 2.19 bits per heavy atom. The molecule has 0 amide bonds. The Labute approximate surface area is 130 Å². The second-order valence-electron chi connectivity index (χ2n) is 6.54. The van der Waals surface area contributed by atoms with Crippen LogP contribution in [0.15, 0.2) is 36.9 Å². The van der Waals surface area contributed by atoms with E-state index >= 15 is 0 Å². The molecule has 0 aliphatic carbocycles. The maximum atomic E-state index is 11.1. The van der Waals surface area contributed by atoms with E-state index < -0.39 is 5.60 Å².